The summed E-state index contributed by atoms with van der Waals surface area (Å²) in [5.74, 6) is -0.225. The summed E-state index contributed by atoms with van der Waals surface area (Å²) in [6.07, 6.45) is 3.23. The first-order chi connectivity index (χ1) is 10.5. The van der Waals surface area contributed by atoms with E-state index in [4.69, 9.17) is 0 Å². The first-order valence-corrected chi connectivity index (χ1v) is 8.07. The van der Waals surface area contributed by atoms with Gasteiger partial charge in [0.25, 0.3) is 0 Å². The van der Waals surface area contributed by atoms with Gasteiger partial charge in [0.15, 0.2) is 0 Å². The molecule has 0 aliphatic rings. The Kier molecular flexibility index (Phi) is 5.89. The Labute approximate surface area is 134 Å². The van der Waals surface area contributed by atoms with E-state index in [0.29, 0.717) is 6.54 Å². The standard InChI is InChI=1S/C16H20FN3OS/c1-12(6-7-13-4-3-5-14(17)10-13)19-16(21)20(2)11-15-18-8-9-22-15/h3-5,8-10,12H,6-7,11H2,1-2H3,(H,19,21)/t12-/m0/s1. The van der Waals surface area contributed by atoms with Gasteiger partial charge in [-0.2, -0.15) is 0 Å². The van der Waals surface area contributed by atoms with Gasteiger partial charge < -0.3 is 10.2 Å². The highest BCUT2D eigenvalue weighted by atomic mass is 32.1. The zero-order valence-electron chi connectivity index (χ0n) is 12.8. The first-order valence-electron chi connectivity index (χ1n) is 7.19. The van der Waals surface area contributed by atoms with Gasteiger partial charge in [0.05, 0.1) is 6.54 Å². The Balaban J connectivity index is 1.76. The number of urea groups is 1. The number of hydrogen-bond acceptors (Lipinski definition) is 3. The molecular formula is C16H20FN3OS. The molecule has 2 rings (SSSR count). The second kappa shape index (κ2) is 7.89. The van der Waals surface area contributed by atoms with Crippen molar-refractivity contribution in [2.24, 2.45) is 0 Å². The average Bonchev–Trinajstić information content (AvgIpc) is 2.98. The molecule has 1 aromatic carbocycles. The fourth-order valence-corrected chi connectivity index (χ4v) is 2.74. The Hall–Kier alpha value is -1.95. The molecule has 0 aliphatic carbocycles. The predicted molar refractivity (Wildman–Crippen MR) is 86.3 cm³/mol. The maximum Gasteiger partial charge on any atom is 0.317 e. The van der Waals surface area contributed by atoms with Crippen molar-refractivity contribution in [1.82, 2.24) is 15.2 Å². The number of rotatable bonds is 6. The van der Waals surface area contributed by atoms with Crippen molar-refractivity contribution in [3.63, 3.8) is 0 Å². The van der Waals surface area contributed by atoms with Crippen molar-refractivity contribution in [3.05, 3.63) is 52.2 Å². The van der Waals surface area contributed by atoms with E-state index >= 15 is 0 Å². The molecule has 0 bridgehead atoms. The first kappa shape index (κ1) is 16.4. The van der Waals surface area contributed by atoms with Crippen molar-refractivity contribution in [1.29, 1.82) is 0 Å². The van der Waals surface area contributed by atoms with Crippen LogP contribution in [-0.4, -0.2) is 29.0 Å². The van der Waals surface area contributed by atoms with Crippen LogP contribution in [0.1, 0.15) is 23.9 Å². The van der Waals surface area contributed by atoms with Crippen molar-refractivity contribution in [2.45, 2.75) is 32.4 Å². The number of nitrogens with zero attached hydrogens (tertiary/aromatic N) is 2. The Morgan fingerprint density at radius 1 is 1.50 bits per heavy atom. The molecule has 1 aromatic heterocycles. The molecule has 118 valence electrons. The lowest BCUT2D eigenvalue weighted by molar-refractivity contribution is 0.203. The molecule has 2 aromatic rings. The lowest BCUT2D eigenvalue weighted by Crippen LogP contribution is -2.41. The second-order valence-corrected chi connectivity index (χ2v) is 6.28. The summed E-state index contributed by atoms with van der Waals surface area (Å²) in [5, 5.41) is 5.75. The quantitative estimate of drug-likeness (QED) is 0.886. The summed E-state index contributed by atoms with van der Waals surface area (Å²) in [5.41, 5.74) is 0.942. The third-order valence-electron chi connectivity index (χ3n) is 3.33. The van der Waals surface area contributed by atoms with Gasteiger partial charge in [-0.05, 0) is 37.5 Å². The normalized spacial score (nSPS) is 12.0. The van der Waals surface area contributed by atoms with Crippen LogP contribution >= 0.6 is 11.3 Å². The SMILES string of the molecule is C[C@@H](CCc1cccc(F)c1)NC(=O)N(C)Cc1nccs1. The number of benzene rings is 1. The highest BCUT2D eigenvalue weighted by molar-refractivity contribution is 7.09. The third-order valence-corrected chi connectivity index (χ3v) is 4.09. The fraction of sp³-hybridized carbons (Fsp3) is 0.375. The van der Waals surface area contributed by atoms with Crippen molar-refractivity contribution in [3.8, 4) is 0 Å². The summed E-state index contributed by atoms with van der Waals surface area (Å²) in [4.78, 5) is 17.8. The van der Waals surface area contributed by atoms with Crippen LogP contribution in [0.15, 0.2) is 35.8 Å². The summed E-state index contributed by atoms with van der Waals surface area (Å²) in [6.45, 7) is 2.45. The van der Waals surface area contributed by atoms with E-state index < -0.39 is 0 Å². The number of aromatic nitrogens is 1. The number of carbonyl (C=O) groups excluding carboxylic acids is 1. The number of nitrogens with one attached hydrogen (secondary N) is 1. The number of amides is 2. The van der Waals surface area contributed by atoms with Gasteiger partial charge in [-0.25, -0.2) is 14.2 Å². The third kappa shape index (κ3) is 5.11. The minimum Gasteiger partial charge on any atom is -0.336 e. The van der Waals surface area contributed by atoms with E-state index in [9.17, 15) is 9.18 Å². The summed E-state index contributed by atoms with van der Waals surface area (Å²) < 4.78 is 13.1. The summed E-state index contributed by atoms with van der Waals surface area (Å²) >= 11 is 1.53. The summed E-state index contributed by atoms with van der Waals surface area (Å²) in [7, 11) is 1.75. The number of aryl methyl sites for hydroxylation is 1. The molecule has 22 heavy (non-hydrogen) atoms. The van der Waals surface area contributed by atoms with Crippen LogP contribution < -0.4 is 5.32 Å². The van der Waals surface area contributed by atoms with Gasteiger partial charge in [-0.1, -0.05) is 12.1 Å². The Morgan fingerprint density at radius 3 is 3.00 bits per heavy atom. The maximum absolute atomic E-state index is 13.1. The van der Waals surface area contributed by atoms with Crippen LogP contribution in [0, 0.1) is 5.82 Å². The van der Waals surface area contributed by atoms with Crippen LogP contribution in [0.4, 0.5) is 9.18 Å². The van der Waals surface area contributed by atoms with Gasteiger partial charge in [0.2, 0.25) is 0 Å². The Morgan fingerprint density at radius 2 is 2.32 bits per heavy atom. The molecule has 0 saturated heterocycles. The van der Waals surface area contributed by atoms with Gasteiger partial charge in [0.1, 0.15) is 10.8 Å². The zero-order chi connectivity index (χ0) is 15.9. The molecule has 1 heterocycles. The van der Waals surface area contributed by atoms with E-state index in [-0.39, 0.29) is 17.9 Å². The van der Waals surface area contributed by atoms with E-state index in [2.05, 4.69) is 10.3 Å². The fourth-order valence-electron chi connectivity index (χ4n) is 2.07. The predicted octanol–water partition coefficient (Wildman–Crippen LogP) is 3.44. The molecule has 0 spiro atoms. The molecule has 1 atom stereocenters. The minimum absolute atomic E-state index is 0.0227. The molecule has 0 unspecified atom stereocenters. The molecule has 0 aliphatic heterocycles. The number of hydrogen-bond donors (Lipinski definition) is 1. The average molecular weight is 321 g/mol. The largest absolute Gasteiger partial charge is 0.336 e. The zero-order valence-corrected chi connectivity index (χ0v) is 13.6. The number of thiazole rings is 1. The van der Waals surface area contributed by atoms with Crippen LogP contribution in [-0.2, 0) is 13.0 Å². The number of halogens is 1. The lowest BCUT2D eigenvalue weighted by atomic mass is 10.1. The van der Waals surface area contributed by atoms with E-state index in [1.165, 1.54) is 23.5 Å². The van der Waals surface area contributed by atoms with Gasteiger partial charge >= 0.3 is 6.03 Å². The highest BCUT2D eigenvalue weighted by Gasteiger charge is 2.13. The van der Waals surface area contributed by atoms with E-state index in [0.717, 1.165) is 23.4 Å². The topological polar surface area (TPSA) is 45.2 Å². The minimum atomic E-state index is -0.225. The molecule has 6 heteroatoms. The van der Waals surface area contributed by atoms with Crippen LogP contribution in [0.3, 0.4) is 0 Å². The van der Waals surface area contributed by atoms with Crippen LogP contribution in [0.25, 0.3) is 0 Å². The van der Waals surface area contributed by atoms with Crippen molar-refractivity contribution in [2.75, 3.05) is 7.05 Å². The Bertz CT molecular complexity index is 603. The molecule has 1 N–H and O–H groups in total. The molecule has 0 fully saturated rings. The van der Waals surface area contributed by atoms with E-state index in [1.54, 1.807) is 24.2 Å². The van der Waals surface area contributed by atoms with Crippen LogP contribution in [0.5, 0.6) is 0 Å². The second-order valence-electron chi connectivity index (χ2n) is 5.30. The van der Waals surface area contributed by atoms with Crippen LogP contribution in [0.2, 0.25) is 0 Å². The molecule has 0 saturated carbocycles. The molecule has 0 radical (unpaired) electrons. The van der Waals surface area contributed by atoms with Crippen molar-refractivity contribution < 1.29 is 9.18 Å². The molecule has 2 amide bonds. The molecular weight excluding hydrogens is 301 g/mol. The molecule has 4 nitrogen and oxygen atoms in total. The van der Waals surface area contributed by atoms with Gasteiger partial charge in [-0.15, -0.1) is 11.3 Å². The van der Waals surface area contributed by atoms with Gasteiger partial charge in [-0.3, -0.25) is 0 Å². The van der Waals surface area contributed by atoms with E-state index in [1.807, 2.05) is 18.4 Å². The number of carbonyl (C=O) groups is 1. The lowest BCUT2D eigenvalue weighted by Gasteiger charge is -2.20. The smallest absolute Gasteiger partial charge is 0.317 e. The summed E-state index contributed by atoms with van der Waals surface area (Å²) in [6, 6.07) is 6.46. The highest BCUT2D eigenvalue weighted by Crippen LogP contribution is 2.09. The van der Waals surface area contributed by atoms with Gasteiger partial charge in [0, 0.05) is 24.7 Å². The monoisotopic (exact) mass is 321 g/mol. The van der Waals surface area contributed by atoms with Crippen molar-refractivity contribution >= 4 is 17.4 Å². The maximum atomic E-state index is 13.1.